The molecule has 2 heterocycles. The molecule has 0 bridgehead atoms. The van der Waals surface area contributed by atoms with Crippen LogP contribution < -0.4 is 15.1 Å². The van der Waals surface area contributed by atoms with Gasteiger partial charge in [-0.05, 0) is 48.7 Å². The summed E-state index contributed by atoms with van der Waals surface area (Å²) in [7, 11) is 1.61. The Bertz CT molecular complexity index is 936. The largest absolute Gasteiger partial charge is 0.416 e. The van der Waals surface area contributed by atoms with E-state index in [1.54, 1.807) is 13.2 Å². The van der Waals surface area contributed by atoms with Crippen molar-refractivity contribution in [3.63, 3.8) is 0 Å². The van der Waals surface area contributed by atoms with Crippen molar-refractivity contribution in [2.75, 3.05) is 49.7 Å². The molecule has 2 aromatic carbocycles. The van der Waals surface area contributed by atoms with Crippen LogP contribution in [0.1, 0.15) is 17.5 Å². The number of hydrogen-bond acceptors (Lipinski definition) is 4. The minimum absolute atomic E-state index is 0.115. The second kappa shape index (κ2) is 9.40. The number of fused-ring (bicyclic) bond motifs is 3. The van der Waals surface area contributed by atoms with E-state index in [0.29, 0.717) is 44.6 Å². The number of nitrogens with zero attached hydrogens (tertiary/aromatic N) is 2. The first-order valence-electron chi connectivity index (χ1n) is 10.9. The molecule has 172 valence electrons. The Balaban J connectivity index is 1.62. The smallest absolute Gasteiger partial charge is 0.385 e. The number of anilines is 2. The fraction of sp³-hybridized carbons (Fsp3) is 0.458. The third kappa shape index (κ3) is 4.70. The first kappa shape index (κ1) is 22.5. The van der Waals surface area contributed by atoms with Gasteiger partial charge in [-0.25, -0.2) is 0 Å². The predicted molar refractivity (Wildman–Crippen MR) is 118 cm³/mol. The highest BCUT2D eigenvalue weighted by atomic mass is 19.4. The van der Waals surface area contributed by atoms with E-state index in [0.717, 1.165) is 24.0 Å². The van der Waals surface area contributed by atoms with Gasteiger partial charge >= 0.3 is 6.18 Å². The summed E-state index contributed by atoms with van der Waals surface area (Å²) in [6, 6.07) is 13.8. The van der Waals surface area contributed by atoms with Crippen molar-refractivity contribution < 1.29 is 22.7 Å². The molecule has 5 nitrogen and oxygen atoms in total. The monoisotopic (exact) mass is 447 g/mol. The SMILES string of the molecule is COCCCNC(=O)C1Cc2cc(C(F)(F)F)ccc2N2CCN(c3ccccc3)CC12. The molecule has 0 saturated carbocycles. The summed E-state index contributed by atoms with van der Waals surface area (Å²) in [5, 5.41) is 2.96. The van der Waals surface area contributed by atoms with Crippen LogP contribution in [0.5, 0.6) is 0 Å². The second-order valence-corrected chi connectivity index (χ2v) is 8.33. The molecule has 0 spiro atoms. The van der Waals surface area contributed by atoms with Crippen molar-refractivity contribution in [2.24, 2.45) is 5.92 Å². The molecule has 4 rings (SSSR count). The number of piperazine rings is 1. The van der Waals surface area contributed by atoms with Crippen molar-refractivity contribution in [1.29, 1.82) is 0 Å². The zero-order valence-corrected chi connectivity index (χ0v) is 18.1. The molecule has 2 aliphatic heterocycles. The maximum atomic E-state index is 13.3. The lowest BCUT2D eigenvalue weighted by atomic mass is 9.82. The number of alkyl halides is 3. The normalized spacial score (nSPS) is 20.5. The van der Waals surface area contributed by atoms with Crippen LogP contribution in [0.15, 0.2) is 48.5 Å². The number of hydrogen-bond donors (Lipinski definition) is 1. The molecular weight excluding hydrogens is 419 g/mol. The third-order valence-electron chi connectivity index (χ3n) is 6.32. The van der Waals surface area contributed by atoms with E-state index in [2.05, 4.69) is 15.1 Å². The van der Waals surface area contributed by atoms with Crippen molar-refractivity contribution >= 4 is 17.3 Å². The third-order valence-corrected chi connectivity index (χ3v) is 6.32. The van der Waals surface area contributed by atoms with Crippen LogP contribution in [-0.4, -0.2) is 51.8 Å². The van der Waals surface area contributed by atoms with E-state index in [4.69, 9.17) is 4.74 Å². The molecule has 1 fully saturated rings. The number of ether oxygens (including phenoxy) is 1. The minimum atomic E-state index is -4.41. The molecule has 0 aromatic heterocycles. The van der Waals surface area contributed by atoms with Crippen LogP contribution in [-0.2, 0) is 22.1 Å². The summed E-state index contributed by atoms with van der Waals surface area (Å²) in [5.74, 6) is -0.547. The summed E-state index contributed by atoms with van der Waals surface area (Å²) < 4.78 is 45.0. The molecule has 8 heteroatoms. The molecule has 0 radical (unpaired) electrons. The first-order chi connectivity index (χ1) is 15.4. The van der Waals surface area contributed by atoms with Gasteiger partial charge < -0.3 is 19.9 Å². The molecule has 2 unspecified atom stereocenters. The van der Waals surface area contributed by atoms with Crippen LogP contribution in [0.2, 0.25) is 0 Å². The quantitative estimate of drug-likeness (QED) is 0.686. The van der Waals surface area contributed by atoms with Gasteiger partial charge in [0.05, 0.1) is 17.5 Å². The van der Waals surface area contributed by atoms with Crippen molar-refractivity contribution in [3.8, 4) is 0 Å². The average molecular weight is 448 g/mol. The van der Waals surface area contributed by atoms with Gasteiger partial charge in [-0.1, -0.05) is 18.2 Å². The maximum absolute atomic E-state index is 13.3. The first-order valence-corrected chi connectivity index (χ1v) is 10.9. The summed E-state index contributed by atoms with van der Waals surface area (Å²) in [6.45, 7) is 3.04. The topological polar surface area (TPSA) is 44.8 Å². The fourth-order valence-electron chi connectivity index (χ4n) is 4.73. The van der Waals surface area contributed by atoms with Gasteiger partial charge in [0.2, 0.25) is 5.91 Å². The molecule has 1 amide bonds. The van der Waals surface area contributed by atoms with E-state index in [-0.39, 0.29) is 11.9 Å². The van der Waals surface area contributed by atoms with Gasteiger partial charge in [0, 0.05) is 51.3 Å². The summed E-state index contributed by atoms with van der Waals surface area (Å²) in [6.07, 6.45) is -3.43. The van der Waals surface area contributed by atoms with Crippen molar-refractivity contribution in [1.82, 2.24) is 5.32 Å². The number of nitrogens with one attached hydrogen (secondary N) is 1. The van der Waals surface area contributed by atoms with Gasteiger partial charge in [0.15, 0.2) is 0 Å². The lowest BCUT2D eigenvalue weighted by molar-refractivity contribution is -0.137. The zero-order chi connectivity index (χ0) is 22.7. The lowest BCUT2D eigenvalue weighted by Crippen LogP contribution is -2.61. The lowest BCUT2D eigenvalue weighted by Gasteiger charge is -2.49. The molecule has 32 heavy (non-hydrogen) atoms. The standard InChI is InChI=1S/C24H28F3N3O2/c1-32-13-5-10-28-23(31)20-15-17-14-18(24(25,26)27)8-9-21(17)30-12-11-29(16-22(20)30)19-6-3-2-4-7-19/h2-4,6-9,14,20,22H,5,10-13,15-16H2,1H3,(H,28,31). The molecule has 2 aromatic rings. The maximum Gasteiger partial charge on any atom is 0.416 e. The van der Waals surface area contributed by atoms with Gasteiger partial charge in [0.25, 0.3) is 0 Å². The second-order valence-electron chi connectivity index (χ2n) is 8.33. The van der Waals surface area contributed by atoms with Crippen LogP contribution in [0, 0.1) is 5.92 Å². The Hall–Kier alpha value is -2.74. The number of benzene rings is 2. The van der Waals surface area contributed by atoms with Gasteiger partial charge in [-0.2, -0.15) is 13.2 Å². The molecule has 2 atom stereocenters. The number of rotatable bonds is 6. The van der Waals surface area contributed by atoms with Crippen LogP contribution in [0.3, 0.4) is 0 Å². The van der Waals surface area contributed by atoms with E-state index in [1.165, 1.54) is 6.07 Å². The molecule has 0 aliphatic carbocycles. The van der Waals surface area contributed by atoms with Gasteiger partial charge in [0.1, 0.15) is 0 Å². The number of para-hydroxylation sites is 1. The highest BCUT2D eigenvalue weighted by Crippen LogP contribution is 2.40. The predicted octanol–water partition coefficient (Wildman–Crippen LogP) is 3.73. The highest BCUT2D eigenvalue weighted by molar-refractivity contribution is 5.82. The Morgan fingerprint density at radius 3 is 2.66 bits per heavy atom. The van der Waals surface area contributed by atoms with E-state index >= 15 is 0 Å². The summed E-state index contributed by atoms with van der Waals surface area (Å²) >= 11 is 0. The van der Waals surface area contributed by atoms with E-state index in [1.807, 2.05) is 30.3 Å². The van der Waals surface area contributed by atoms with Crippen LogP contribution in [0.25, 0.3) is 0 Å². The Labute approximate surface area is 186 Å². The number of amides is 1. The van der Waals surface area contributed by atoms with Crippen molar-refractivity contribution in [3.05, 3.63) is 59.7 Å². The van der Waals surface area contributed by atoms with Crippen molar-refractivity contribution in [2.45, 2.75) is 25.1 Å². The number of carbonyl (C=O) groups excluding carboxylic acids is 1. The molecule has 1 N–H and O–H groups in total. The number of carbonyl (C=O) groups is 1. The zero-order valence-electron chi connectivity index (χ0n) is 18.1. The van der Waals surface area contributed by atoms with Gasteiger partial charge in [-0.3, -0.25) is 4.79 Å². The Morgan fingerprint density at radius 2 is 1.94 bits per heavy atom. The average Bonchev–Trinajstić information content (AvgIpc) is 2.80. The molecule has 2 aliphatic rings. The summed E-state index contributed by atoms with van der Waals surface area (Å²) in [4.78, 5) is 17.5. The molecular formula is C24H28F3N3O2. The minimum Gasteiger partial charge on any atom is -0.385 e. The number of methoxy groups -OCH3 is 1. The van der Waals surface area contributed by atoms with Crippen LogP contribution in [0.4, 0.5) is 24.5 Å². The van der Waals surface area contributed by atoms with E-state index < -0.39 is 17.7 Å². The Morgan fingerprint density at radius 1 is 1.16 bits per heavy atom. The van der Waals surface area contributed by atoms with E-state index in [9.17, 15) is 18.0 Å². The number of halogens is 3. The van der Waals surface area contributed by atoms with Crippen LogP contribution >= 0.6 is 0 Å². The Kier molecular flexibility index (Phi) is 6.60. The highest BCUT2D eigenvalue weighted by Gasteiger charge is 2.42. The molecule has 1 saturated heterocycles. The summed E-state index contributed by atoms with van der Waals surface area (Å²) in [5.41, 5.74) is 1.81. The van der Waals surface area contributed by atoms with Gasteiger partial charge in [-0.15, -0.1) is 0 Å². The fourth-order valence-corrected chi connectivity index (χ4v) is 4.73.